The van der Waals surface area contributed by atoms with Crippen molar-refractivity contribution in [3.05, 3.63) is 51.2 Å². The lowest BCUT2D eigenvalue weighted by atomic mass is 10.1. The number of hydrogen-bond acceptors (Lipinski definition) is 5. The fourth-order valence-corrected chi connectivity index (χ4v) is 3.39. The van der Waals surface area contributed by atoms with Gasteiger partial charge in [-0.3, -0.25) is 9.59 Å². The predicted molar refractivity (Wildman–Crippen MR) is 106 cm³/mol. The minimum Gasteiger partial charge on any atom is -0.391 e. The quantitative estimate of drug-likeness (QED) is 0.603. The molecule has 3 rings (SSSR count). The van der Waals surface area contributed by atoms with Crippen molar-refractivity contribution < 1.29 is 14.7 Å². The van der Waals surface area contributed by atoms with Gasteiger partial charge >= 0.3 is 0 Å². The number of carbonyl (C=O) groups is 2. The van der Waals surface area contributed by atoms with Crippen LogP contribution in [0.2, 0.25) is 5.02 Å². The van der Waals surface area contributed by atoms with E-state index in [2.05, 4.69) is 16.0 Å². The largest absolute Gasteiger partial charge is 0.391 e. The lowest BCUT2D eigenvalue weighted by Crippen LogP contribution is -2.34. The van der Waals surface area contributed by atoms with Crippen LogP contribution in [0, 0.1) is 5.92 Å². The molecule has 2 amide bonds. The minimum absolute atomic E-state index is 0. The number of β-amino-alcohol motifs (C(OH)–C–C–N with tert-alkyl or cyclic N) is 1. The molecule has 1 saturated heterocycles. The smallest absolute Gasteiger partial charge is 0.265 e. The molecule has 0 bridgehead atoms. The fraction of sp³-hybridized carbons (Fsp3) is 0.294. The molecule has 2 aromatic rings. The van der Waals surface area contributed by atoms with Gasteiger partial charge in [-0.1, -0.05) is 17.7 Å². The van der Waals surface area contributed by atoms with Crippen LogP contribution in [0.5, 0.6) is 0 Å². The third kappa shape index (κ3) is 4.96. The zero-order valence-electron chi connectivity index (χ0n) is 13.7. The monoisotopic (exact) mass is 415 g/mol. The van der Waals surface area contributed by atoms with Crippen LogP contribution >= 0.6 is 35.3 Å². The van der Waals surface area contributed by atoms with Gasteiger partial charge in [0, 0.05) is 31.1 Å². The maximum atomic E-state index is 12.3. The van der Waals surface area contributed by atoms with Gasteiger partial charge in [-0.2, -0.15) is 0 Å². The fourth-order valence-electron chi connectivity index (χ4n) is 2.61. The van der Waals surface area contributed by atoms with Crippen LogP contribution in [0.25, 0.3) is 0 Å². The van der Waals surface area contributed by atoms with Gasteiger partial charge in [-0.15, -0.1) is 23.7 Å². The van der Waals surface area contributed by atoms with Crippen molar-refractivity contribution >= 4 is 52.8 Å². The Balaban J connectivity index is 0.00000243. The standard InChI is InChI=1S/C17H18ClN3O3S.ClH/c18-12-4-3-10(16(23)20-8-11-7-19-9-14(11)22)6-13(12)21-17(24)15-2-1-5-25-15;/h1-6,11,14,19,22H,7-9H2,(H,20,23)(H,21,24);1H. The van der Waals surface area contributed by atoms with E-state index in [9.17, 15) is 14.7 Å². The van der Waals surface area contributed by atoms with E-state index in [1.54, 1.807) is 30.3 Å². The normalized spacial score (nSPS) is 18.8. The topological polar surface area (TPSA) is 90.5 Å². The number of hydrogen-bond donors (Lipinski definition) is 4. The molecule has 0 aliphatic carbocycles. The lowest BCUT2D eigenvalue weighted by molar-refractivity contribution is 0.0926. The van der Waals surface area contributed by atoms with Crippen LogP contribution < -0.4 is 16.0 Å². The van der Waals surface area contributed by atoms with Gasteiger partial charge < -0.3 is 21.1 Å². The highest BCUT2D eigenvalue weighted by atomic mass is 35.5. The van der Waals surface area contributed by atoms with Gasteiger partial charge in [0.2, 0.25) is 0 Å². The Bertz CT molecular complexity index is 771. The highest BCUT2D eigenvalue weighted by molar-refractivity contribution is 7.12. The van der Waals surface area contributed by atoms with Gasteiger partial charge in [0.25, 0.3) is 11.8 Å². The van der Waals surface area contributed by atoms with Crippen molar-refractivity contribution in [3.63, 3.8) is 0 Å². The molecular weight excluding hydrogens is 397 g/mol. The SMILES string of the molecule is Cl.O=C(NCC1CNCC1O)c1ccc(Cl)c(NC(=O)c2cccs2)c1. The average Bonchev–Trinajstić information content (AvgIpc) is 3.26. The number of thiophene rings is 1. The summed E-state index contributed by atoms with van der Waals surface area (Å²) in [7, 11) is 0. The van der Waals surface area contributed by atoms with Crippen molar-refractivity contribution in [2.45, 2.75) is 6.10 Å². The minimum atomic E-state index is -0.453. The first-order valence-electron chi connectivity index (χ1n) is 7.86. The van der Waals surface area contributed by atoms with E-state index in [1.165, 1.54) is 11.3 Å². The Kier molecular flexibility index (Phi) is 7.43. The predicted octanol–water partition coefficient (Wildman–Crippen LogP) is 2.39. The second-order valence-corrected chi connectivity index (χ2v) is 7.18. The summed E-state index contributed by atoms with van der Waals surface area (Å²) in [5.74, 6) is -0.550. The first kappa shape index (κ1) is 20.7. The van der Waals surface area contributed by atoms with E-state index in [0.717, 1.165) is 0 Å². The van der Waals surface area contributed by atoms with Crippen LogP contribution in [-0.2, 0) is 0 Å². The maximum Gasteiger partial charge on any atom is 0.265 e. The number of aliphatic hydroxyl groups excluding tert-OH is 1. The molecule has 140 valence electrons. The molecule has 1 aliphatic rings. The van der Waals surface area contributed by atoms with Crippen LogP contribution in [0.4, 0.5) is 5.69 Å². The second kappa shape index (κ2) is 9.34. The molecule has 6 nitrogen and oxygen atoms in total. The Hall–Kier alpha value is -1.64. The number of aliphatic hydroxyl groups is 1. The molecule has 0 spiro atoms. The number of nitrogens with one attached hydrogen (secondary N) is 3. The third-order valence-electron chi connectivity index (χ3n) is 4.05. The van der Waals surface area contributed by atoms with Crippen LogP contribution in [-0.4, -0.2) is 42.7 Å². The summed E-state index contributed by atoms with van der Waals surface area (Å²) >= 11 is 7.45. The first-order valence-corrected chi connectivity index (χ1v) is 9.11. The van der Waals surface area contributed by atoms with Gasteiger partial charge in [0.05, 0.1) is 21.7 Å². The molecule has 26 heavy (non-hydrogen) atoms. The molecule has 4 N–H and O–H groups in total. The van der Waals surface area contributed by atoms with Gasteiger partial charge in [-0.05, 0) is 29.6 Å². The summed E-state index contributed by atoms with van der Waals surface area (Å²) in [6.45, 7) is 1.59. The lowest BCUT2D eigenvalue weighted by Gasteiger charge is -2.14. The van der Waals surface area contributed by atoms with E-state index in [0.29, 0.717) is 40.8 Å². The van der Waals surface area contributed by atoms with Crippen molar-refractivity contribution in [1.29, 1.82) is 0 Å². The molecule has 1 aliphatic heterocycles. The first-order chi connectivity index (χ1) is 12.0. The zero-order chi connectivity index (χ0) is 17.8. The van der Waals surface area contributed by atoms with Crippen LogP contribution in [0.3, 0.4) is 0 Å². The molecule has 0 radical (unpaired) electrons. The Morgan fingerprint density at radius 3 is 2.73 bits per heavy atom. The van der Waals surface area contributed by atoms with E-state index in [-0.39, 0.29) is 30.1 Å². The highest BCUT2D eigenvalue weighted by Gasteiger charge is 2.25. The average molecular weight is 416 g/mol. The molecule has 2 heterocycles. The molecule has 9 heteroatoms. The Morgan fingerprint density at radius 2 is 2.08 bits per heavy atom. The summed E-state index contributed by atoms with van der Waals surface area (Å²) in [5.41, 5.74) is 0.779. The zero-order valence-corrected chi connectivity index (χ0v) is 16.1. The number of halogens is 2. The van der Waals surface area contributed by atoms with Crippen LogP contribution in [0.15, 0.2) is 35.7 Å². The molecule has 2 atom stereocenters. The van der Waals surface area contributed by atoms with Crippen molar-refractivity contribution in [2.24, 2.45) is 5.92 Å². The van der Waals surface area contributed by atoms with E-state index >= 15 is 0 Å². The second-order valence-electron chi connectivity index (χ2n) is 5.82. The van der Waals surface area contributed by atoms with Crippen molar-refractivity contribution in [2.75, 3.05) is 25.0 Å². The van der Waals surface area contributed by atoms with E-state index in [1.807, 2.05) is 5.38 Å². The molecule has 2 unspecified atom stereocenters. The highest BCUT2D eigenvalue weighted by Crippen LogP contribution is 2.24. The summed E-state index contributed by atoms with van der Waals surface area (Å²) in [6, 6.07) is 8.23. The summed E-state index contributed by atoms with van der Waals surface area (Å²) in [5, 5.41) is 20.5. The number of amides is 2. The Morgan fingerprint density at radius 1 is 1.27 bits per heavy atom. The van der Waals surface area contributed by atoms with Crippen molar-refractivity contribution in [3.8, 4) is 0 Å². The Labute approximate surface area is 166 Å². The van der Waals surface area contributed by atoms with Gasteiger partial charge in [0.15, 0.2) is 0 Å². The summed E-state index contributed by atoms with van der Waals surface area (Å²) < 4.78 is 0. The number of anilines is 1. The maximum absolute atomic E-state index is 12.3. The van der Waals surface area contributed by atoms with E-state index in [4.69, 9.17) is 11.6 Å². The van der Waals surface area contributed by atoms with Crippen LogP contribution in [0.1, 0.15) is 20.0 Å². The molecule has 1 fully saturated rings. The molecule has 0 saturated carbocycles. The summed E-state index contributed by atoms with van der Waals surface area (Å²) in [6.07, 6.45) is -0.453. The number of rotatable bonds is 5. The molecular formula is C17H19Cl2N3O3S. The van der Waals surface area contributed by atoms with E-state index < -0.39 is 6.10 Å². The third-order valence-corrected chi connectivity index (χ3v) is 5.25. The number of carbonyl (C=O) groups excluding carboxylic acids is 2. The van der Waals surface area contributed by atoms with Gasteiger partial charge in [-0.25, -0.2) is 0 Å². The van der Waals surface area contributed by atoms with Crippen molar-refractivity contribution in [1.82, 2.24) is 10.6 Å². The summed E-state index contributed by atoms with van der Waals surface area (Å²) in [4.78, 5) is 25.0. The number of benzene rings is 1. The molecule has 1 aromatic carbocycles. The molecule has 1 aromatic heterocycles. The van der Waals surface area contributed by atoms with Gasteiger partial charge in [0.1, 0.15) is 0 Å².